The van der Waals surface area contributed by atoms with Crippen molar-refractivity contribution in [3.63, 3.8) is 0 Å². The van der Waals surface area contributed by atoms with Crippen LogP contribution in [0.1, 0.15) is 37.8 Å². The first-order valence-corrected chi connectivity index (χ1v) is 11.4. The summed E-state index contributed by atoms with van der Waals surface area (Å²) in [4.78, 5) is 20.3. The SMILES string of the molecule is CCOCCCN1C(=O)NC(c2cccc(OC)c2)C(c2nc(-c3cccs3)no2)=C1C. The Morgan fingerprint density at radius 2 is 2.16 bits per heavy atom. The zero-order chi connectivity index (χ0) is 22.5. The molecule has 0 spiro atoms. The Kier molecular flexibility index (Phi) is 6.87. The van der Waals surface area contributed by atoms with Gasteiger partial charge in [-0.2, -0.15) is 4.98 Å². The number of carbonyl (C=O) groups excluding carboxylic acids is 1. The van der Waals surface area contributed by atoms with E-state index in [0.717, 1.165) is 28.1 Å². The number of rotatable bonds is 9. The Balaban J connectivity index is 1.74. The number of benzene rings is 1. The van der Waals surface area contributed by atoms with Crippen molar-refractivity contribution in [3.05, 3.63) is 58.9 Å². The maximum atomic E-state index is 13.0. The van der Waals surface area contributed by atoms with Gasteiger partial charge < -0.3 is 19.3 Å². The second kappa shape index (κ2) is 9.97. The normalized spacial score (nSPS) is 16.4. The summed E-state index contributed by atoms with van der Waals surface area (Å²) in [5.74, 6) is 1.62. The lowest BCUT2D eigenvalue weighted by atomic mass is 9.94. The molecule has 1 aromatic carbocycles. The largest absolute Gasteiger partial charge is 0.497 e. The summed E-state index contributed by atoms with van der Waals surface area (Å²) >= 11 is 1.54. The highest BCUT2D eigenvalue weighted by Crippen LogP contribution is 2.38. The van der Waals surface area contributed by atoms with Gasteiger partial charge in [-0.3, -0.25) is 4.90 Å². The van der Waals surface area contributed by atoms with Crippen LogP contribution in [-0.2, 0) is 4.74 Å². The van der Waals surface area contributed by atoms with Gasteiger partial charge in [0.1, 0.15) is 5.75 Å². The van der Waals surface area contributed by atoms with Crippen molar-refractivity contribution in [2.24, 2.45) is 0 Å². The third-order valence-corrected chi connectivity index (χ3v) is 6.16. The Morgan fingerprint density at radius 3 is 2.91 bits per heavy atom. The van der Waals surface area contributed by atoms with Gasteiger partial charge in [-0.1, -0.05) is 23.4 Å². The number of urea groups is 1. The van der Waals surface area contributed by atoms with E-state index in [0.29, 0.717) is 37.2 Å². The lowest BCUT2D eigenvalue weighted by Crippen LogP contribution is -2.46. The minimum atomic E-state index is -0.447. The monoisotopic (exact) mass is 454 g/mol. The number of amides is 2. The molecule has 0 aliphatic carbocycles. The molecule has 1 aliphatic heterocycles. The molecule has 0 saturated heterocycles. The van der Waals surface area contributed by atoms with Crippen molar-refractivity contribution in [1.29, 1.82) is 0 Å². The predicted molar refractivity (Wildman–Crippen MR) is 122 cm³/mol. The smallest absolute Gasteiger partial charge is 0.322 e. The van der Waals surface area contributed by atoms with Gasteiger partial charge in [-0.25, -0.2) is 4.79 Å². The van der Waals surface area contributed by atoms with E-state index in [2.05, 4.69) is 15.5 Å². The molecule has 3 aromatic rings. The van der Waals surface area contributed by atoms with E-state index in [1.165, 1.54) is 0 Å². The minimum absolute atomic E-state index is 0.173. The maximum absolute atomic E-state index is 13.0. The zero-order valence-electron chi connectivity index (χ0n) is 18.3. The highest BCUT2D eigenvalue weighted by atomic mass is 32.1. The fraction of sp³-hybridized carbons (Fsp3) is 0.348. The number of nitrogens with zero attached hydrogens (tertiary/aromatic N) is 3. The Bertz CT molecular complexity index is 1090. The molecule has 1 atom stereocenters. The summed E-state index contributed by atoms with van der Waals surface area (Å²) < 4.78 is 16.5. The van der Waals surface area contributed by atoms with Crippen LogP contribution in [0.2, 0.25) is 0 Å². The van der Waals surface area contributed by atoms with Crippen molar-refractivity contribution in [3.8, 4) is 16.5 Å². The van der Waals surface area contributed by atoms with Gasteiger partial charge in [0.25, 0.3) is 5.89 Å². The molecule has 32 heavy (non-hydrogen) atoms. The summed E-state index contributed by atoms with van der Waals surface area (Å²) in [5, 5.41) is 9.25. The van der Waals surface area contributed by atoms with Gasteiger partial charge >= 0.3 is 6.03 Å². The molecule has 8 nitrogen and oxygen atoms in total. The lowest BCUT2D eigenvalue weighted by Gasteiger charge is -2.35. The third-order valence-electron chi connectivity index (χ3n) is 5.30. The predicted octanol–water partition coefficient (Wildman–Crippen LogP) is 4.73. The number of nitrogens with one attached hydrogen (secondary N) is 1. The summed E-state index contributed by atoms with van der Waals surface area (Å²) in [5.41, 5.74) is 2.42. The van der Waals surface area contributed by atoms with Crippen LogP contribution in [0.15, 0.2) is 52.0 Å². The average Bonchev–Trinajstić information content (AvgIpc) is 3.50. The number of methoxy groups -OCH3 is 1. The molecular weight excluding hydrogens is 428 g/mol. The Labute approximate surface area is 190 Å². The van der Waals surface area contributed by atoms with Crippen LogP contribution < -0.4 is 10.1 Å². The number of allylic oxidation sites excluding steroid dienone is 1. The molecule has 9 heteroatoms. The summed E-state index contributed by atoms with van der Waals surface area (Å²) in [6.45, 7) is 5.63. The van der Waals surface area contributed by atoms with Crippen LogP contribution in [0.3, 0.4) is 0 Å². The molecule has 1 N–H and O–H groups in total. The number of hydrogen-bond donors (Lipinski definition) is 1. The Hall–Kier alpha value is -3.17. The van der Waals surface area contributed by atoms with E-state index in [-0.39, 0.29) is 6.03 Å². The first-order valence-electron chi connectivity index (χ1n) is 10.5. The van der Waals surface area contributed by atoms with Crippen LogP contribution in [0, 0.1) is 0 Å². The van der Waals surface area contributed by atoms with E-state index in [4.69, 9.17) is 14.0 Å². The number of ether oxygens (including phenoxy) is 2. The summed E-state index contributed by atoms with van der Waals surface area (Å²) in [6, 6.07) is 10.9. The van der Waals surface area contributed by atoms with Crippen LogP contribution in [-0.4, -0.2) is 47.9 Å². The molecule has 3 heterocycles. The topological polar surface area (TPSA) is 89.7 Å². The highest BCUT2D eigenvalue weighted by molar-refractivity contribution is 7.13. The first kappa shape index (κ1) is 22.0. The quantitative estimate of drug-likeness (QED) is 0.470. The van der Waals surface area contributed by atoms with Crippen molar-refractivity contribution in [1.82, 2.24) is 20.4 Å². The van der Waals surface area contributed by atoms with Crippen LogP contribution in [0.25, 0.3) is 16.3 Å². The molecule has 0 bridgehead atoms. The molecule has 2 aromatic heterocycles. The first-order chi connectivity index (χ1) is 15.6. The van der Waals surface area contributed by atoms with E-state index < -0.39 is 6.04 Å². The average molecular weight is 455 g/mol. The lowest BCUT2D eigenvalue weighted by molar-refractivity contribution is 0.136. The molecule has 1 aliphatic rings. The van der Waals surface area contributed by atoms with E-state index in [1.54, 1.807) is 23.3 Å². The fourth-order valence-corrected chi connectivity index (χ4v) is 4.36. The summed E-state index contributed by atoms with van der Waals surface area (Å²) in [7, 11) is 1.62. The van der Waals surface area contributed by atoms with Crippen molar-refractivity contribution in [2.75, 3.05) is 26.9 Å². The van der Waals surface area contributed by atoms with Crippen molar-refractivity contribution >= 4 is 22.9 Å². The highest BCUT2D eigenvalue weighted by Gasteiger charge is 2.35. The molecule has 0 fully saturated rings. The summed E-state index contributed by atoms with van der Waals surface area (Å²) in [6.07, 6.45) is 0.722. The van der Waals surface area contributed by atoms with Gasteiger partial charge in [0.05, 0.1) is 23.6 Å². The van der Waals surface area contributed by atoms with Crippen molar-refractivity contribution < 1.29 is 18.8 Å². The molecule has 1 unspecified atom stereocenters. The molecular formula is C23H26N4O4S. The van der Waals surface area contributed by atoms with E-state index >= 15 is 0 Å². The van der Waals surface area contributed by atoms with Gasteiger partial charge in [0.2, 0.25) is 5.82 Å². The van der Waals surface area contributed by atoms with Crippen LogP contribution in [0.5, 0.6) is 5.75 Å². The van der Waals surface area contributed by atoms with Gasteiger partial charge in [-0.15, -0.1) is 11.3 Å². The fourth-order valence-electron chi connectivity index (χ4n) is 3.71. The Morgan fingerprint density at radius 1 is 1.28 bits per heavy atom. The van der Waals surface area contributed by atoms with Gasteiger partial charge in [0, 0.05) is 25.5 Å². The second-order valence-corrected chi connectivity index (χ2v) is 8.21. The number of thiophene rings is 1. The van der Waals surface area contributed by atoms with Crippen LogP contribution in [0.4, 0.5) is 4.79 Å². The van der Waals surface area contributed by atoms with Gasteiger partial charge in [-0.05, 0) is 49.4 Å². The number of aromatic nitrogens is 2. The number of carbonyl (C=O) groups is 1. The molecule has 2 amide bonds. The standard InChI is InChI=1S/C23H26N4O4S/c1-4-30-12-7-11-27-15(2)19(22-25-21(26-31-22)18-10-6-13-32-18)20(24-23(27)28)16-8-5-9-17(14-16)29-3/h5-6,8-10,13-14,20H,4,7,11-12H2,1-3H3,(H,24,28). The third kappa shape index (κ3) is 4.53. The second-order valence-electron chi connectivity index (χ2n) is 7.26. The molecule has 4 rings (SSSR count). The maximum Gasteiger partial charge on any atom is 0.322 e. The molecule has 0 saturated carbocycles. The molecule has 0 radical (unpaired) electrons. The van der Waals surface area contributed by atoms with E-state index in [9.17, 15) is 4.79 Å². The van der Waals surface area contributed by atoms with Crippen LogP contribution >= 0.6 is 11.3 Å². The number of hydrogen-bond acceptors (Lipinski definition) is 7. The molecule has 168 valence electrons. The minimum Gasteiger partial charge on any atom is -0.497 e. The van der Waals surface area contributed by atoms with Crippen molar-refractivity contribution in [2.45, 2.75) is 26.3 Å². The zero-order valence-corrected chi connectivity index (χ0v) is 19.1. The van der Waals surface area contributed by atoms with E-state index in [1.807, 2.05) is 55.6 Å². The van der Waals surface area contributed by atoms with Gasteiger partial charge in [0.15, 0.2) is 0 Å².